The molecule has 0 saturated carbocycles. The summed E-state index contributed by atoms with van der Waals surface area (Å²) in [6.07, 6.45) is 1.86. The molecule has 2 aromatic rings. The highest BCUT2D eigenvalue weighted by atomic mass is 15.3. The van der Waals surface area contributed by atoms with Crippen LogP contribution in [0.4, 0.5) is 11.5 Å². The van der Waals surface area contributed by atoms with Gasteiger partial charge in [-0.3, -0.25) is 0 Å². The quantitative estimate of drug-likeness (QED) is 0.845. The van der Waals surface area contributed by atoms with E-state index in [2.05, 4.69) is 50.1 Å². The van der Waals surface area contributed by atoms with Crippen LogP contribution in [-0.4, -0.2) is 36.1 Å². The minimum absolute atomic E-state index is 0.750. The van der Waals surface area contributed by atoms with Gasteiger partial charge in [-0.05, 0) is 25.1 Å². The molecule has 4 rings (SSSR count). The van der Waals surface area contributed by atoms with Crippen LogP contribution in [-0.2, 0) is 0 Å². The van der Waals surface area contributed by atoms with Crippen molar-refractivity contribution in [2.75, 3.05) is 36.0 Å². The van der Waals surface area contributed by atoms with Gasteiger partial charge in [0.15, 0.2) is 0 Å². The summed E-state index contributed by atoms with van der Waals surface area (Å²) in [6.45, 7) is 6.51. The van der Waals surface area contributed by atoms with E-state index in [1.807, 2.05) is 19.2 Å². The molecule has 0 bridgehead atoms. The van der Waals surface area contributed by atoms with Gasteiger partial charge in [-0.1, -0.05) is 18.2 Å². The molecule has 0 radical (unpaired) electrons. The van der Waals surface area contributed by atoms with E-state index in [1.165, 1.54) is 5.69 Å². The summed E-state index contributed by atoms with van der Waals surface area (Å²) in [5.74, 6) is 3.44. The van der Waals surface area contributed by atoms with E-state index in [0.717, 1.165) is 49.7 Å². The number of aromatic nitrogens is 2. The summed E-state index contributed by atoms with van der Waals surface area (Å²) in [6, 6.07) is 12.8. The number of benzene rings is 1. The monoisotopic (exact) mass is 280 g/mol. The van der Waals surface area contributed by atoms with Gasteiger partial charge in [0.2, 0.25) is 0 Å². The largest absolute Gasteiger partial charge is 0.371 e. The molecule has 1 aromatic heterocycles. The van der Waals surface area contributed by atoms with Gasteiger partial charge in [-0.2, -0.15) is 0 Å². The second-order valence-electron chi connectivity index (χ2n) is 6.13. The van der Waals surface area contributed by atoms with E-state index in [4.69, 9.17) is 0 Å². The van der Waals surface area contributed by atoms with Crippen molar-refractivity contribution in [3.63, 3.8) is 0 Å². The topological polar surface area (TPSA) is 32.3 Å². The molecule has 21 heavy (non-hydrogen) atoms. The Balaban J connectivity index is 1.46. The lowest BCUT2D eigenvalue weighted by atomic mass is 10.0. The molecule has 2 atom stereocenters. The molecular weight excluding hydrogens is 260 g/mol. The lowest BCUT2D eigenvalue weighted by molar-refractivity contribution is 0.533. The number of nitrogens with zero attached hydrogens (tertiary/aromatic N) is 4. The Labute approximate surface area is 125 Å². The van der Waals surface area contributed by atoms with Gasteiger partial charge in [0.25, 0.3) is 0 Å². The van der Waals surface area contributed by atoms with Gasteiger partial charge in [-0.15, -0.1) is 0 Å². The van der Waals surface area contributed by atoms with Gasteiger partial charge in [-0.25, -0.2) is 9.97 Å². The van der Waals surface area contributed by atoms with E-state index < -0.39 is 0 Å². The normalized spacial score (nSPS) is 24.4. The standard InChI is InChI=1S/C17H20N4/c1-13-18-8-7-17(19-13)21-11-14-9-20(10-15(14)12-21)16-5-3-2-4-6-16/h2-8,14-15H,9-12H2,1H3. The van der Waals surface area contributed by atoms with Crippen molar-refractivity contribution >= 4 is 11.5 Å². The number of anilines is 2. The third kappa shape index (κ3) is 2.35. The van der Waals surface area contributed by atoms with Crippen LogP contribution < -0.4 is 9.80 Å². The molecular formula is C17H20N4. The number of aryl methyl sites for hydroxylation is 1. The number of fused-ring (bicyclic) bond motifs is 1. The minimum atomic E-state index is 0.750. The van der Waals surface area contributed by atoms with E-state index in [1.54, 1.807) is 0 Å². The van der Waals surface area contributed by atoms with E-state index in [0.29, 0.717) is 0 Å². The van der Waals surface area contributed by atoms with Crippen molar-refractivity contribution in [3.8, 4) is 0 Å². The first-order valence-corrected chi connectivity index (χ1v) is 7.64. The average Bonchev–Trinajstić information content (AvgIpc) is 3.07. The fourth-order valence-electron chi connectivity index (χ4n) is 3.65. The first kappa shape index (κ1) is 12.6. The highest BCUT2D eigenvalue weighted by Crippen LogP contribution is 2.35. The molecule has 2 unspecified atom stereocenters. The molecule has 2 aliphatic heterocycles. The van der Waals surface area contributed by atoms with Gasteiger partial charge < -0.3 is 9.80 Å². The fourth-order valence-corrected chi connectivity index (χ4v) is 3.65. The van der Waals surface area contributed by atoms with E-state index in [-0.39, 0.29) is 0 Å². The van der Waals surface area contributed by atoms with Crippen LogP contribution in [0.5, 0.6) is 0 Å². The van der Waals surface area contributed by atoms with Crippen LogP contribution in [0, 0.1) is 18.8 Å². The lowest BCUT2D eigenvalue weighted by Gasteiger charge is -2.23. The van der Waals surface area contributed by atoms with E-state index in [9.17, 15) is 0 Å². The maximum Gasteiger partial charge on any atom is 0.132 e. The smallest absolute Gasteiger partial charge is 0.132 e. The summed E-state index contributed by atoms with van der Waals surface area (Å²) in [5, 5.41) is 0. The fraction of sp³-hybridized carbons (Fsp3) is 0.412. The van der Waals surface area contributed by atoms with Gasteiger partial charge in [0, 0.05) is 49.9 Å². The molecule has 0 spiro atoms. The second kappa shape index (κ2) is 5.02. The Kier molecular flexibility index (Phi) is 3.02. The third-order valence-electron chi connectivity index (χ3n) is 4.69. The van der Waals surface area contributed by atoms with Crippen LogP contribution in [0.3, 0.4) is 0 Å². The zero-order chi connectivity index (χ0) is 14.2. The highest BCUT2D eigenvalue weighted by Gasteiger charge is 2.40. The summed E-state index contributed by atoms with van der Waals surface area (Å²) >= 11 is 0. The summed E-state index contributed by atoms with van der Waals surface area (Å²) in [7, 11) is 0. The molecule has 3 heterocycles. The highest BCUT2D eigenvalue weighted by molar-refractivity contribution is 5.49. The SMILES string of the molecule is Cc1nccc(N2CC3CN(c4ccccc4)CC3C2)n1. The van der Waals surface area contributed by atoms with Crippen molar-refractivity contribution in [3.05, 3.63) is 48.4 Å². The molecule has 4 heteroatoms. The molecule has 0 N–H and O–H groups in total. The van der Waals surface area contributed by atoms with Gasteiger partial charge in [0.1, 0.15) is 11.6 Å². The maximum absolute atomic E-state index is 4.56. The first-order valence-electron chi connectivity index (χ1n) is 7.64. The Morgan fingerprint density at radius 2 is 1.57 bits per heavy atom. The zero-order valence-electron chi connectivity index (χ0n) is 12.3. The van der Waals surface area contributed by atoms with Crippen molar-refractivity contribution < 1.29 is 0 Å². The first-order chi connectivity index (χ1) is 10.3. The summed E-state index contributed by atoms with van der Waals surface area (Å²) in [5.41, 5.74) is 1.36. The molecule has 2 fully saturated rings. The van der Waals surface area contributed by atoms with E-state index >= 15 is 0 Å². The molecule has 2 aliphatic rings. The summed E-state index contributed by atoms with van der Waals surface area (Å²) in [4.78, 5) is 13.7. The number of hydrogen-bond acceptors (Lipinski definition) is 4. The Bertz CT molecular complexity index is 614. The Morgan fingerprint density at radius 1 is 0.905 bits per heavy atom. The number of hydrogen-bond donors (Lipinski definition) is 0. The summed E-state index contributed by atoms with van der Waals surface area (Å²) < 4.78 is 0. The van der Waals surface area contributed by atoms with Crippen molar-refractivity contribution in [1.82, 2.24) is 9.97 Å². The van der Waals surface area contributed by atoms with Gasteiger partial charge >= 0.3 is 0 Å². The van der Waals surface area contributed by atoms with Crippen molar-refractivity contribution in [2.45, 2.75) is 6.92 Å². The van der Waals surface area contributed by atoms with Crippen LogP contribution >= 0.6 is 0 Å². The molecule has 0 amide bonds. The van der Waals surface area contributed by atoms with Crippen molar-refractivity contribution in [2.24, 2.45) is 11.8 Å². The van der Waals surface area contributed by atoms with Crippen LogP contribution in [0.2, 0.25) is 0 Å². The lowest BCUT2D eigenvalue weighted by Crippen LogP contribution is -2.29. The molecule has 2 saturated heterocycles. The van der Waals surface area contributed by atoms with Crippen LogP contribution in [0.1, 0.15) is 5.82 Å². The van der Waals surface area contributed by atoms with Crippen molar-refractivity contribution in [1.29, 1.82) is 0 Å². The molecule has 108 valence electrons. The number of para-hydroxylation sites is 1. The average molecular weight is 280 g/mol. The molecule has 0 aliphatic carbocycles. The predicted molar refractivity (Wildman–Crippen MR) is 84.6 cm³/mol. The van der Waals surface area contributed by atoms with Gasteiger partial charge in [0.05, 0.1) is 0 Å². The third-order valence-corrected chi connectivity index (χ3v) is 4.69. The Hall–Kier alpha value is -2.10. The van der Waals surface area contributed by atoms with Crippen LogP contribution in [0.25, 0.3) is 0 Å². The zero-order valence-corrected chi connectivity index (χ0v) is 12.3. The molecule has 1 aromatic carbocycles. The Morgan fingerprint density at radius 3 is 2.24 bits per heavy atom. The number of rotatable bonds is 2. The maximum atomic E-state index is 4.56. The molecule has 4 nitrogen and oxygen atoms in total. The van der Waals surface area contributed by atoms with Crippen LogP contribution in [0.15, 0.2) is 42.6 Å². The predicted octanol–water partition coefficient (Wildman–Crippen LogP) is 2.36. The minimum Gasteiger partial charge on any atom is -0.371 e. The second-order valence-corrected chi connectivity index (χ2v) is 6.13.